The van der Waals surface area contributed by atoms with Crippen LogP contribution in [-0.4, -0.2) is 22.4 Å². The zero-order chi connectivity index (χ0) is 7.72. The number of hydrogen-bond donors (Lipinski definition) is 2. The minimum absolute atomic E-state index is 0.278. The van der Waals surface area contributed by atoms with Crippen LogP contribution in [0.25, 0.3) is 0 Å². The largest absolute Gasteiger partial charge is 0.390 e. The van der Waals surface area contributed by atoms with Crippen molar-refractivity contribution in [3.8, 4) is 0 Å². The Balaban J connectivity index is 2.53. The van der Waals surface area contributed by atoms with E-state index in [4.69, 9.17) is 0 Å². The van der Waals surface area contributed by atoms with Gasteiger partial charge in [0.25, 0.3) is 0 Å². The fourth-order valence-electron chi connectivity index (χ4n) is 1.78. The second kappa shape index (κ2) is 2.89. The lowest BCUT2D eigenvalue weighted by Crippen LogP contribution is -2.26. The lowest BCUT2D eigenvalue weighted by Gasteiger charge is -2.13. The van der Waals surface area contributed by atoms with Crippen LogP contribution in [0.3, 0.4) is 0 Å². The quantitative estimate of drug-likeness (QED) is 0.570. The molecule has 0 aromatic heterocycles. The second-order valence-electron chi connectivity index (χ2n) is 3.36. The van der Waals surface area contributed by atoms with E-state index < -0.39 is 12.2 Å². The van der Waals surface area contributed by atoms with Gasteiger partial charge in [0, 0.05) is 0 Å². The predicted molar refractivity (Wildman–Crippen MR) is 39.6 cm³/mol. The average molecular weight is 144 g/mol. The van der Waals surface area contributed by atoms with Gasteiger partial charge in [0.1, 0.15) is 0 Å². The van der Waals surface area contributed by atoms with Crippen molar-refractivity contribution in [1.82, 2.24) is 0 Å². The molecular formula is C8H16O2. The first-order valence-corrected chi connectivity index (χ1v) is 4.03. The van der Waals surface area contributed by atoms with Crippen molar-refractivity contribution >= 4 is 0 Å². The summed E-state index contributed by atoms with van der Waals surface area (Å²) in [5, 5.41) is 18.7. The molecule has 10 heavy (non-hydrogen) atoms. The summed E-state index contributed by atoms with van der Waals surface area (Å²) in [7, 11) is 0. The maximum absolute atomic E-state index is 9.38. The first-order chi connectivity index (χ1) is 4.66. The van der Waals surface area contributed by atoms with E-state index in [-0.39, 0.29) is 5.92 Å². The van der Waals surface area contributed by atoms with Gasteiger partial charge in [0.15, 0.2) is 0 Å². The Morgan fingerprint density at radius 2 is 1.90 bits per heavy atom. The van der Waals surface area contributed by atoms with Crippen LogP contribution in [-0.2, 0) is 0 Å². The van der Waals surface area contributed by atoms with E-state index in [1.54, 1.807) is 0 Å². The first-order valence-electron chi connectivity index (χ1n) is 4.03. The highest BCUT2D eigenvalue weighted by molar-refractivity contribution is 4.87. The lowest BCUT2D eigenvalue weighted by molar-refractivity contribution is 0.00625. The van der Waals surface area contributed by atoms with Crippen molar-refractivity contribution in [2.24, 2.45) is 11.8 Å². The van der Waals surface area contributed by atoms with E-state index >= 15 is 0 Å². The van der Waals surface area contributed by atoms with Gasteiger partial charge in [0.2, 0.25) is 0 Å². The molecule has 2 N–H and O–H groups in total. The summed E-state index contributed by atoms with van der Waals surface area (Å²) >= 11 is 0. The molecule has 1 saturated carbocycles. The molecule has 2 nitrogen and oxygen atoms in total. The van der Waals surface area contributed by atoms with Crippen LogP contribution in [0.4, 0.5) is 0 Å². The molecule has 1 rings (SSSR count). The summed E-state index contributed by atoms with van der Waals surface area (Å²) in [6, 6.07) is 0. The SMILES string of the molecule is CC[C@H]1C[C@@H](C)C(O)[C@H]1O. The van der Waals surface area contributed by atoms with E-state index in [1.165, 1.54) is 0 Å². The highest BCUT2D eigenvalue weighted by Crippen LogP contribution is 2.32. The van der Waals surface area contributed by atoms with Crippen LogP contribution in [0.2, 0.25) is 0 Å². The summed E-state index contributed by atoms with van der Waals surface area (Å²) in [6.07, 6.45) is 0.992. The van der Waals surface area contributed by atoms with Crippen LogP contribution >= 0.6 is 0 Å². The standard InChI is InChI=1S/C8H16O2/c1-3-6-4-5(2)7(9)8(6)10/h5-10H,3-4H2,1-2H3/t5-,6+,7?,8+/m1/s1. The van der Waals surface area contributed by atoms with Crippen LogP contribution in [0.5, 0.6) is 0 Å². The highest BCUT2D eigenvalue weighted by atomic mass is 16.3. The Labute approximate surface area is 61.9 Å². The third-order valence-electron chi connectivity index (χ3n) is 2.61. The Morgan fingerprint density at radius 1 is 1.30 bits per heavy atom. The highest BCUT2D eigenvalue weighted by Gasteiger charge is 2.37. The molecule has 0 spiro atoms. The molecule has 0 aromatic carbocycles. The van der Waals surface area contributed by atoms with Gasteiger partial charge in [-0.25, -0.2) is 0 Å². The number of aliphatic hydroxyl groups excluding tert-OH is 2. The van der Waals surface area contributed by atoms with Gasteiger partial charge >= 0.3 is 0 Å². The Kier molecular flexibility index (Phi) is 2.32. The van der Waals surface area contributed by atoms with Gasteiger partial charge in [-0.2, -0.15) is 0 Å². The molecule has 0 aromatic rings. The Hall–Kier alpha value is -0.0800. The van der Waals surface area contributed by atoms with Crippen LogP contribution in [0, 0.1) is 11.8 Å². The molecule has 0 amide bonds. The zero-order valence-electron chi connectivity index (χ0n) is 6.62. The van der Waals surface area contributed by atoms with Crippen molar-refractivity contribution in [3.63, 3.8) is 0 Å². The molecule has 0 heterocycles. The fourth-order valence-corrected chi connectivity index (χ4v) is 1.78. The topological polar surface area (TPSA) is 40.5 Å². The number of aliphatic hydroxyl groups is 2. The van der Waals surface area contributed by atoms with Crippen molar-refractivity contribution in [3.05, 3.63) is 0 Å². The normalized spacial score (nSPS) is 48.0. The molecular weight excluding hydrogens is 128 g/mol. The minimum atomic E-state index is -0.482. The molecule has 0 aliphatic heterocycles. The molecule has 1 fully saturated rings. The van der Waals surface area contributed by atoms with Crippen LogP contribution in [0.1, 0.15) is 26.7 Å². The summed E-state index contributed by atoms with van der Waals surface area (Å²) in [4.78, 5) is 0. The van der Waals surface area contributed by atoms with Gasteiger partial charge < -0.3 is 10.2 Å². The third-order valence-corrected chi connectivity index (χ3v) is 2.61. The summed E-state index contributed by atoms with van der Waals surface area (Å²) < 4.78 is 0. The van der Waals surface area contributed by atoms with E-state index in [2.05, 4.69) is 6.92 Å². The van der Waals surface area contributed by atoms with E-state index in [1.807, 2.05) is 6.92 Å². The van der Waals surface area contributed by atoms with Gasteiger partial charge in [-0.15, -0.1) is 0 Å². The van der Waals surface area contributed by atoms with E-state index in [9.17, 15) is 10.2 Å². The fraction of sp³-hybridized carbons (Fsp3) is 1.00. The maximum atomic E-state index is 9.38. The van der Waals surface area contributed by atoms with Gasteiger partial charge in [-0.05, 0) is 18.3 Å². The first kappa shape index (κ1) is 8.02. The smallest absolute Gasteiger partial charge is 0.0829 e. The summed E-state index contributed by atoms with van der Waals surface area (Å²) in [6.45, 7) is 4.04. The lowest BCUT2D eigenvalue weighted by atomic mass is 10.0. The van der Waals surface area contributed by atoms with Crippen molar-refractivity contribution in [1.29, 1.82) is 0 Å². The number of hydrogen-bond acceptors (Lipinski definition) is 2. The van der Waals surface area contributed by atoms with Crippen molar-refractivity contribution in [2.75, 3.05) is 0 Å². The Morgan fingerprint density at radius 3 is 2.10 bits per heavy atom. The van der Waals surface area contributed by atoms with E-state index in [0.29, 0.717) is 5.92 Å². The Bertz CT molecular complexity index is 114. The molecule has 0 bridgehead atoms. The maximum Gasteiger partial charge on any atom is 0.0829 e. The summed E-state index contributed by atoms with van der Waals surface area (Å²) in [5.41, 5.74) is 0. The molecule has 1 aliphatic rings. The molecule has 0 saturated heterocycles. The van der Waals surface area contributed by atoms with Crippen molar-refractivity contribution in [2.45, 2.75) is 38.9 Å². The van der Waals surface area contributed by atoms with Crippen LogP contribution < -0.4 is 0 Å². The van der Waals surface area contributed by atoms with Gasteiger partial charge in [-0.1, -0.05) is 20.3 Å². The van der Waals surface area contributed by atoms with Crippen LogP contribution in [0.15, 0.2) is 0 Å². The second-order valence-corrected chi connectivity index (χ2v) is 3.36. The van der Waals surface area contributed by atoms with Crippen molar-refractivity contribution < 1.29 is 10.2 Å². The third kappa shape index (κ3) is 1.18. The summed E-state index contributed by atoms with van der Waals surface area (Å²) in [5.74, 6) is 0.602. The zero-order valence-corrected chi connectivity index (χ0v) is 6.62. The minimum Gasteiger partial charge on any atom is -0.390 e. The van der Waals surface area contributed by atoms with E-state index in [0.717, 1.165) is 12.8 Å². The predicted octanol–water partition coefficient (Wildman–Crippen LogP) is 0.774. The average Bonchev–Trinajstić information content (AvgIpc) is 2.17. The molecule has 60 valence electrons. The molecule has 1 aliphatic carbocycles. The number of rotatable bonds is 1. The monoisotopic (exact) mass is 144 g/mol. The molecule has 0 radical (unpaired) electrons. The molecule has 1 unspecified atom stereocenters. The molecule has 2 heteroatoms. The van der Waals surface area contributed by atoms with Gasteiger partial charge in [0.05, 0.1) is 12.2 Å². The molecule has 4 atom stereocenters. The van der Waals surface area contributed by atoms with Gasteiger partial charge in [-0.3, -0.25) is 0 Å².